The van der Waals surface area contributed by atoms with Crippen LogP contribution in [-0.2, 0) is 6.42 Å². The zero-order valence-corrected chi connectivity index (χ0v) is 12.8. The number of hydrogen-bond acceptors (Lipinski definition) is 3. The molecule has 0 fully saturated rings. The number of rotatable bonds is 5. The monoisotopic (exact) mass is 294 g/mol. The van der Waals surface area contributed by atoms with Crippen LogP contribution >= 0.6 is 11.3 Å². The molecule has 0 aliphatic carbocycles. The minimum absolute atomic E-state index is 0.303. The van der Waals surface area contributed by atoms with Gasteiger partial charge in [0.1, 0.15) is 5.01 Å². The molecule has 3 heteroatoms. The minimum Gasteiger partial charge on any atom is -0.313 e. The number of benzene rings is 2. The van der Waals surface area contributed by atoms with Crippen molar-refractivity contribution in [1.82, 2.24) is 10.3 Å². The maximum absolute atomic E-state index is 4.77. The fourth-order valence-electron chi connectivity index (χ4n) is 2.40. The summed E-state index contributed by atoms with van der Waals surface area (Å²) in [5.74, 6) is 0. The van der Waals surface area contributed by atoms with Gasteiger partial charge in [-0.1, -0.05) is 60.7 Å². The maximum atomic E-state index is 4.77. The van der Waals surface area contributed by atoms with Crippen molar-refractivity contribution in [2.45, 2.75) is 12.5 Å². The fraction of sp³-hybridized carbons (Fsp3) is 0.167. The molecular formula is C18H18N2S. The van der Waals surface area contributed by atoms with Gasteiger partial charge in [0, 0.05) is 23.4 Å². The highest BCUT2D eigenvalue weighted by molar-refractivity contribution is 7.13. The summed E-state index contributed by atoms with van der Waals surface area (Å²) in [4.78, 5) is 4.77. The van der Waals surface area contributed by atoms with Crippen molar-refractivity contribution < 1.29 is 0 Å². The van der Waals surface area contributed by atoms with E-state index in [0.717, 1.165) is 17.1 Å². The van der Waals surface area contributed by atoms with Gasteiger partial charge in [-0.15, -0.1) is 11.3 Å². The van der Waals surface area contributed by atoms with Crippen molar-refractivity contribution in [3.8, 4) is 10.6 Å². The normalized spacial score (nSPS) is 12.2. The van der Waals surface area contributed by atoms with Crippen LogP contribution in [0.15, 0.2) is 66.0 Å². The van der Waals surface area contributed by atoms with Crippen molar-refractivity contribution in [3.05, 3.63) is 77.3 Å². The van der Waals surface area contributed by atoms with Gasteiger partial charge in [-0.05, 0) is 12.6 Å². The predicted molar refractivity (Wildman–Crippen MR) is 89.5 cm³/mol. The predicted octanol–water partition coefficient (Wildman–Crippen LogP) is 4.31. The Kier molecular flexibility index (Phi) is 4.43. The van der Waals surface area contributed by atoms with E-state index in [0.29, 0.717) is 6.04 Å². The van der Waals surface area contributed by atoms with Crippen LogP contribution in [0, 0.1) is 0 Å². The maximum Gasteiger partial charge on any atom is 0.123 e. The molecule has 1 atom stereocenters. The first-order chi connectivity index (χ1) is 10.4. The Hall–Kier alpha value is -1.97. The van der Waals surface area contributed by atoms with E-state index in [1.807, 2.05) is 19.2 Å². The Balaban J connectivity index is 1.78. The van der Waals surface area contributed by atoms with Crippen LogP contribution in [0.5, 0.6) is 0 Å². The number of nitrogens with one attached hydrogen (secondary N) is 1. The molecule has 3 aromatic rings. The minimum atomic E-state index is 0.303. The van der Waals surface area contributed by atoms with Crippen molar-refractivity contribution in [1.29, 1.82) is 0 Å². The summed E-state index contributed by atoms with van der Waals surface area (Å²) in [5.41, 5.74) is 3.63. The molecule has 1 N–H and O–H groups in total. The second-order valence-corrected chi connectivity index (χ2v) is 5.82. The molecule has 3 rings (SSSR count). The molecule has 0 saturated carbocycles. The number of aromatic nitrogens is 1. The van der Waals surface area contributed by atoms with E-state index >= 15 is 0 Å². The van der Waals surface area contributed by atoms with Crippen LogP contribution in [0.4, 0.5) is 0 Å². The lowest BCUT2D eigenvalue weighted by Crippen LogP contribution is -2.18. The molecule has 2 nitrogen and oxygen atoms in total. The second-order valence-electron chi connectivity index (χ2n) is 4.97. The third-order valence-corrected chi connectivity index (χ3v) is 4.48. The van der Waals surface area contributed by atoms with E-state index in [1.165, 1.54) is 11.1 Å². The van der Waals surface area contributed by atoms with Crippen LogP contribution in [-0.4, -0.2) is 12.0 Å². The van der Waals surface area contributed by atoms with E-state index in [1.54, 1.807) is 11.3 Å². The molecule has 2 aromatic carbocycles. The molecule has 21 heavy (non-hydrogen) atoms. The molecule has 0 spiro atoms. The van der Waals surface area contributed by atoms with Gasteiger partial charge in [-0.2, -0.15) is 0 Å². The average molecular weight is 294 g/mol. The summed E-state index contributed by atoms with van der Waals surface area (Å²) in [5, 5.41) is 6.63. The molecule has 0 aliphatic rings. The Morgan fingerprint density at radius 2 is 1.67 bits per heavy atom. The van der Waals surface area contributed by atoms with Gasteiger partial charge in [-0.3, -0.25) is 0 Å². The Labute approximate surface area is 129 Å². The molecule has 1 heterocycles. The van der Waals surface area contributed by atoms with Gasteiger partial charge in [0.25, 0.3) is 0 Å². The Morgan fingerprint density at radius 1 is 1.00 bits per heavy atom. The summed E-state index contributed by atoms with van der Waals surface area (Å²) in [6.07, 6.45) is 0.907. The van der Waals surface area contributed by atoms with E-state index in [4.69, 9.17) is 4.98 Å². The largest absolute Gasteiger partial charge is 0.313 e. The van der Waals surface area contributed by atoms with E-state index in [2.05, 4.69) is 59.2 Å². The molecule has 0 aliphatic heterocycles. The fourth-order valence-corrected chi connectivity index (χ4v) is 3.23. The van der Waals surface area contributed by atoms with Crippen molar-refractivity contribution in [2.75, 3.05) is 7.05 Å². The lowest BCUT2D eigenvalue weighted by atomic mass is 10.0. The topological polar surface area (TPSA) is 24.9 Å². The zero-order valence-electron chi connectivity index (χ0n) is 12.0. The third-order valence-electron chi connectivity index (χ3n) is 3.54. The Bertz CT molecular complexity index is 677. The van der Waals surface area contributed by atoms with Crippen molar-refractivity contribution in [3.63, 3.8) is 0 Å². The van der Waals surface area contributed by atoms with Crippen LogP contribution in [0.1, 0.15) is 17.3 Å². The molecule has 0 saturated heterocycles. The first-order valence-corrected chi connectivity index (χ1v) is 7.97. The van der Waals surface area contributed by atoms with Gasteiger partial charge in [-0.25, -0.2) is 4.98 Å². The molecule has 0 radical (unpaired) electrons. The van der Waals surface area contributed by atoms with Crippen molar-refractivity contribution >= 4 is 11.3 Å². The molecule has 106 valence electrons. The lowest BCUT2D eigenvalue weighted by Gasteiger charge is -2.15. The summed E-state index contributed by atoms with van der Waals surface area (Å²) in [7, 11) is 2.00. The number of hydrogen-bond donors (Lipinski definition) is 1. The smallest absolute Gasteiger partial charge is 0.123 e. The highest BCUT2D eigenvalue weighted by Crippen LogP contribution is 2.25. The first kappa shape index (κ1) is 14.0. The molecular weight excluding hydrogens is 276 g/mol. The van der Waals surface area contributed by atoms with Crippen LogP contribution < -0.4 is 5.32 Å². The van der Waals surface area contributed by atoms with Crippen LogP contribution in [0.2, 0.25) is 0 Å². The van der Waals surface area contributed by atoms with Gasteiger partial charge < -0.3 is 5.32 Å². The van der Waals surface area contributed by atoms with Gasteiger partial charge >= 0.3 is 0 Å². The standard InChI is InChI=1S/C18H18N2S/c1-19-17(14-8-4-2-5-9-14)12-16-13-21-18(20-16)15-10-6-3-7-11-15/h2-11,13,17,19H,12H2,1H3. The number of thiazole rings is 1. The highest BCUT2D eigenvalue weighted by Gasteiger charge is 2.12. The van der Waals surface area contributed by atoms with Gasteiger partial charge in [0.05, 0.1) is 5.69 Å². The summed E-state index contributed by atoms with van der Waals surface area (Å²) >= 11 is 1.71. The average Bonchev–Trinajstić information content (AvgIpc) is 3.03. The van der Waals surface area contributed by atoms with Gasteiger partial charge in [0.15, 0.2) is 0 Å². The van der Waals surface area contributed by atoms with Crippen LogP contribution in [0.3, 0.4) is 0 Å². The zero-order chi connectivity index (χ0) is 14.5. The molecule has 0 bridgehead atoms. The number of nitrogens with zero attached hydrogens (tertiary/aromatic N) is 1. The number of likely N-dealkylation sites (N-methyl/N-ethyl adjacent to an activating group) is 1. The molecule has 1 unspecified atom stereocenters. The lowest BCUT2D eigenvalue weighted by molar-refractivity contribution is 0.586. The van der Waals surface area contributed by atoms with Gasteiger partial charge in [0.2, 0.25) is 0 Å². The molecule has 1 aromatic heterocycles. The van der Waals surface area contributed by atoms with Crippen molar-refractivity contribution in [2.24, 2.45) is 0 Å². The Morgan fingerprint density at radius 3 is 2.33 bits per heavy atom. The van der Waals surface area contributed by atoms with E-state index in [-0.39, 0.29) is 0 Å². The van der Waals surface area contributed by atoms with E-state index < -0.39 is 0 Å². The third kappa shape index (κ3) is 3.38. The SMILES string of the molecule is CNC(Cc1csc(-c2ccccc2)n1)c1ccccc1. The summed E-state index contributed by atoms with van der Waals surface area (Å²) in [6, 6.07) is 21.2. The first-order valence-electron chi connectivity index (χ1n) is 7.09. The second kappa shape index (κ2) is 6.66. The molecule has 0 amide bonds. The van der Waals surface area contributed by atoms with Crippen LogP contribution in [0.25, 0.3) is 10.6 Å². The summed E-state index contributed by atoms with van der Waals surface area (Å²) in [6.45, 7) is 0. The summed E-state index contributed by atoms with van der Waals surface area (Å²) < 4.78 is 0. The quantitative estimate of drug-likeness (QED) is 0.758. The van der Waals surface area contributed by atoms with E-state index in [9.17, 15) is 0 Å². The highest BCUT2D eigenvalue weighted by atomic mass is 32.1.